The van der Waals surface area contributed by atoms with Gasteiger partial charge in [-0.15, -0.1) is 0 Å². The van der Waals surface area contributed by atoms with Crippen LogP contribution in [0.4, 0.5) is 4.39 Å². The lowest BCUT2D eigenvalue weighted by molar-refractivity contribution is -0.123. The molecule has 0 bridgehead atoms. The fraction of sp³-hybridized carbons (Fsp3) is 0.562. The van der Waals surface area contributed by atoms with Gasteiger partial charge in [0.05, 0.1) is 6.54 Å². The summed E-state index contributed by atoms with van der Waals surface area (Å²) in [5.74, 6) is 0.349. The topological polar surface area (TPSA) is 41.6 Å². The molecule has 0 heterocycles. The predicted molar refractivity (Wildman–Crippen MR) is 81.9 cm³/mol. The Morgan fingerprint density at radius 1 is 1.33 bits per heavy atom. The summed E-state index contributed by atoms with van der Waals surface area (Å²) in [7, 11) is 1.87. The number of hydrogen-bond acceptors (Lipinski definition) is 3. The molecule has 0 spiro atoms. The van der Waals surface area contributed by atoms with Gasteiger partial charge >= 0.3 is 0 Å². The van der Waals surface area contributed by atoms with E-state index < -0.39 is 0 Å². The van der Waals surface area contributed by atoms with E-state index in [1.54, 1.807) is 12.1 Å². The van der Waals surface area contributed by atoms with Gasteiger partial charge in [0.1, 0.15) is 18.2 Å². The minimum atomic E-state index is -0.283. The predicted octanol–water partition coefficient (Wildman–Crippen LogP) is 2.44. The third kappa shape index (κ3) is 7.09. The Morgan fingerprint density at radius 3 is 2.52 bits per heavy atom. The molecule has 4 nitrogen and oxygen atoms in total. The summed E-state index contributed by atoms with van der Waals surface area (Å²) in [6.45, 7) is 7.45. The van der Waals surface area contributed by atoms with Crippen LogP contribution in [0.5, 0.6) is 5.75 Å². The van der Waals surface area contributed by atoms with E-state index in [2.05, 4.69) is 5.32 Å². The maximum Gasteiger partial charge on any atom is 0.234 e. The van der Waals surface area contributed by atoms with E-state index in [0.717, 1.165) is 6.42 Å². The van der Waals surface area contributed by atoms with Crippen molar-refractivity contribution in [2.75, 3.05) is 26.7 Å². The molecular formula is C16H25FN2O2. The number of benzene rings is 1. The van der Waals surface area contributed by atoms with Gasteiger partial charge < -0.3 is 10.1 Å². The number of carbonyl (C=O) groups is 1. The van der Waals surface area contributed by atoms with E-state index in [1.807, 2.05) is 32.7 Å². The van der Waals surface area contributed by atoms with Crippen molar-refractivity contribution in [2.45, 2.75) is 32.7 Å². The Morgan fingerprint density at radius 2 is 1.95 bits per heavy atom. The molecule has 1 N–H and O–H groups in total. The fourth-order valence-electron chi connectivity index (χ4n) is 1.68. The van der Waals surface area contributed by atoms with E-state index >= 15 is 0 Å². The molecule has 1 rings (SSSR count). The normalized spacial score (nSPS) is 11.5. The summed E-state index contributed by atoms with van der Waals surface area (Å²) >= 11 is 0. The van der Waals surface area contributed by atoms with Crippen LogP contribution in [0.1, 0.15) is 27.2 Å². The zero-order chi connectivity index (χ0) is 15.9. The second-order valence-corrected chi connectivity index (χ2v) is 5.83. The second-order valence-electron chi connectivity index (χ2n) is 5.83. The van der Waals surface area contributed by atoms with Crippen molar-refractivity contribution < 1.29 is 13.9 Å². The molecule has 0 unspecified atom stereocenters. The number of hydrogen-bond donors (Lipinski definition) is 1. The lowest BCUT2D eigenvalue weighted by Crippen LogP contribution is -2.47. The number of ether oxygens (including phenoxy) is 1. The Bertz CT molecular complexity index is 446. The van der Waals surface area contributed by atoms with E-state index in [-0.39, 0.29) is 17.3 Å². The fourth-order valence-corrected chi connectivity index (χ4v) is 1.68. The van der Waals surface area contributed by atoms with Crippen molar-refractivity contribution in [3.8, 4) is 5.75 Å². The molecule has 1 aromatic rings. The van der Waals surface area contributed by atoms with Crippen LogP contribution < -0.4 is 10.1 Å². The second kappa shape index (κ2) is 7.98. The zero-order valence-corrected chi connectivity index (χ0v) is 13.3. The Labute approximate surface area is 126 Å². The Kier molecular flexibility index (Phi) is 6.62. The highest BCUT2D eigenvalue weighted by Crippen LogP contribution is 2.10. The first-order valence-corrected chi connectivity index (χ1v) is 7.20. The van der Waals surface area contributed by atoms with Gasteiger partial charge in [-0.25, -0.2) is 4.39 Å². The summed E-state index contributed by atoms with van der Waals surface area (Å²) in [4.78, 5) is 13.8. The number of likely N-dealkylation sites (N-methyl/N-ethyl adjacent to an activating group) is 1. The average Bonchev–Trinajstić information content (AvgIpc) is 2.40. The molecule has 118 valence electrons. The SMILES string of the molecule is CCC(C)(C)NC(=O)CN(C)CCOc1ccc(F)cc1. The zero-order valence-electron chi connectivity index (χ0n) is 13.3. The molecular weight excluding hydrogens is 271 g/mol. The standard InChI is InChI=1S/C16H25FN2O2/c1-5-16(2,3)18-15(20)12-19(4)10-11-21-14-8-6-13(17)7-9-14/h6-9H,5,10-12H2,1-4H3,(H,18,20). The largest absolute Gasteiger partial charge is 0.492 e. The highest BCUT2D eigenvalue weighted by molar-refractivity contribution is 5.78. The molecule has 5 heteroatoms. The third-order valence-corrected chi connectivity index (χ3v) is 3.33. The van der Waals surface area contributed by atoms with Gasteiger partial charge in [-0.2, -0.15) is 0 Å². The summed E-state index contributed by atoms with van der Waals surface area (Å²) < 4.78 is 18.2. The Balaban J connectivity index is 2.26. The number of amides is 1. The van der Waals surface area contributed by atoms with Crippen molar-refractivity contribution in [2.24, 2.45) is 0 Å². The van der Waals surface area contributed by atoms with Crippen molar-refractivity contribution in [1.29, 1.82) is 0 Å². The average molecular weight is 296 g/mol. The lowest BCUT2D eigenvalue weighted by Gasteiger charge is -2.26. The maximum atomic E-state index is 12.7. The smallest absolute Gasteiger partial charge is 0.234 e. The summed E-state index contributed by atoms with van der Waals surface area (Å²) in [6.07, 6.45) is 0.885. The van der Waals surface area contributed by atoms with Crippen molar-refractivity contribution >= 4 is 5.91 Å². The molecule has 0 saturated heterocycles. The van der Waals surface area contributed by atoms with E-state index in [4.69, 9.17) is 4.74 Å². The van der Waals surface area contributed by atoms with Crippen molar-refractivity contribution in [1.82, 2.24) is 10.2 Å². The summed E-state index contributed by atoms with van der Waals surface area (Å²) in [6, 6.07) is 5.90. The first kappa shape index (κ1) is 17.4. The molecule has 21 heavy (non-hydrogen) atoms. The van der Waals surface area contributed by atoms with E-state index in [1.165, 1.54) is 12.1 Å². The quantitative estimate of drug-likeness (QED) is 0.801. The monoisotopic (exact) mass is 296 g/mol. The van der Waals surface area contributed by atoms with E-state index in [0.29, 0.717) is 25.4 Å². The highest BCUT2D eigenvalue weighted by Gasteiger charge is 2.18. The molecule has 0 atom stereocenters. The number of nitrogens with zero attached hydrogens (tertiary/aromatic N) is 1. The van der Waals surface area contributed by atoms with Gasteiger partial charge in [0.25, 0.3) is 0 Å². The van der Waals surface area contributed by atoms with Crippen LogP contribution >= 0.6 is 0 Å². The maximum absolute atomic E-state index is 12.7. The van der Waals surface area contributed by atoms with E-state index in [9.17, 15) is 9.18 Å². The minimum Gasteiger partial charge on any atom is -0.492 e. The van der Waals surface area contributed by atoms with Crippen LogP contribution in [0.2, 0.25) is 0 Å². The van der Waals surface area contributed by atoms with Crippen LogP contribution in [-0.4, -0.2) is 43.1 Å². The van der Waals surface area contributed by atoms with Gasteiger partial charge in [-0.3, -0.25) is 9.69 Å². The summed E-state index contributed by atoms with van der Waals surface area (Å²) in [5, 5.41) is 2.99. The molecule has 0 radical (unpaired) electrons. The van der Waals surface area contributed by atoms with Gasteiger partial charge in [0.2, 0.25) is 5.91 Å². The van der Waals surface area contributed by atoms with Crippen molar-refractivity contribution in [3.63, 3.8) is 0 Å². The van der Waals surface area contributed by atoms with Crippen LogP contribution in [0.3, 0.4) is 0 Å². The van der Waals surface area contributed by atoms with Gasteiger partial charge in [0.15, 0.2) is 0 Å². The van der Waals surface area contributed by atoms with Crippen LogP contribution in [0.25, 0.3) is 0 Å². The van der Waals surface area contributed by atoms with Crippen LogP contribution in [0.15, 0.2) is 24.3 Å². The molecule has 1 amide bonds. The molecule has 0 aliphatic carbocycles. The molecule has 0 aliphatic heterocycles. The summed E-state index contributed by atoms with van der Waals surface area (Å²) in [5.41, 5.74) is -0.178. The first-order chi connectivity index (χ1) is 9.82. The van der Waals surface area contributed by atoms with Gasteiger partial charge in [0, 0.05) is 12.1 Å². The first-order valence-electron chi connectivity index (χ1n) is 7.20. The highest BCUT2D eigenvalue weighted by atomic mass is 19.1. The number of nitrogens with one attached hydrogen (secondary N) is 1. The Hall–Kier alpha value is -1.62. The number of halogens is 1. The van der Waals surface area contributed by atoms with Crippen molar-refractivity contribution in [3.05, 3.63) is 30.1 Å². The molecule has 1 aromatic carbocycles. The minimum absolute atomic E-state index is 0.00568. The molecule has 0 aliphatic rings. The number of carbonyl (C=O) groups excluding carboxylic acids is 1. The lowest BCUT2D eigenvalue weighted by atomic mass is 10.0. The van der Waals surface area contributed by atoms with Crippen LogP contribution in [-0.2, 0) is 4.79 Å². The molecule has 0 saturated carbocycles. The van der Waals surface area contributed by atoms with Gasteiger partial charge in [-0.1, -0.05) is 6.92 Å². The third-order valence-electron chi connectivity index (χ3n) is 3.33. The molecule has 0 fully saturated rings. The number of rotatable bonds is 8. The van der Waals surface area contributed by atoms with Crippen LogP contribution in [0, 0.1) is 5.82 Å². The van der Waals surface area contributed by atoms with Gasteiger partial charge in [-0.05, 0) is 51.6 Å². The molecule has 0 aromatic heterocycles.